The minimum atomic E-state index is -0.138. The van der Waals surface area contributed by atoms with E-state index in [2.05, 4.69) is 17.6 Å². The van der Waals surface area contributed by atoms with Crippen molar-refractivity contribution in [2.24, 2.45) is 5.73 Å². The van der Waals surface area contributed by atoms with Crippen molar-refractivity contribution in [1.82, 2.24) is 5.32 Å². The number of thiophene rings is 1. The highest BCUT2D eigenvalue weighted by Gasteiger charge is 1.98. The fourth-order valence-corrected chi connectivity index (χ4v) is 1.90. The van der Waals surface area contributed by atoms with Crippen LogP contribution in [0.4, 0.5) is 10.1 Å². The van der Waals surface area contributed by atoms with Crippen LogP contribution >= 0.6 is 11.3 Å². The molecule has 0 spiro atoms. The molecule has 0 saturated heterocycles. The van der Waals surface area contributed by atoms with Crippen molar-refractivity contribution in [3.8, 4) is 0 Å². The molecule has 1 aromatic heterocycles. The lowest BCUT2D eigenvalue weighted by Gasteiger charge is -2.10. The normalized spacial score (nSPS) is 12.7. The maximum atomic E-state index is 12.6. The van der Waals surface area contributed by atoms with Gasteiger partial charge < -0.3 is 16.4 Å². The topological polar surface area (TPSA) is 50.1 Å². The predicted molar refractivity (Wildman–Crippen MR) is 68.5 cm³/mol. The molecule has 16 heavy (non-hydrogen) atoms. The molecule has 0 aliphatic rings. The third kappa shape index (κ3) is 5.44. The SMILES string of the molecule is C[C@H](CN)NCCCCNc1csc(F)c1. The fraction of sp³-hybridized carbons (Fsp3) is 0.636. The molecule has 1 heterocycles. The van der Waals surface area contributed by atoms with Gasteiger partial charge in [0.05, 0.1) is 0 Å². The monoisotopic (exact) mass is 245 g/mol. The number of halogens is 1. The van der Waals surface area contributed by atoms with Gasteiger partial charge in [-0.25, -0.2) is 0 Å². The molecule has 1 rings (SSSR count). The van der Waals surface area contributed by atoms with Gasteiger partial charge in [-0.3, -0.25) is 0 Å². The minimum Gasteiger partial charge on any atom is -0.384 e. The van der Waals surface area contributed by atoms with Crippen LogP contribution in [0, 0.1) is 5.13 Å². The van der Waals surface area contributed by atoms with Gasteiger partial charge in [0.2, 0.25) is 0 Å². The van der Waals surface area contributed by atoms with Crippen molar-refractivity contribution in [2.45, 2.75) is 25.8 Å². The molecular formula is C11H20FN3S. The largest absolute Gasteiger partial charge is 0.384 e. The molecule has 3 nitrogen and oxygen atoms in total. The van der Waals surface area contributed by atoms with Crippen molar-refractivity contribution < 1.29 is 4.39 Å². The zero-order chi connectivity index (χ0) is 11.8. The van der Waals surface area contributed by atoms with Crippen LogP contribution in [0.5, 0.6) is 0 Å². The summed E-state index contributed by atoms with van der Waals surface area (Å²) in [6.07, 6.45) is 2.17. The number of hydrogen-bond donors (Lipinski definition) is 3. The number of unbranched alkanes of at least 4 members (excludes halogenated alkanes) is 1. The molecule has 0 saturated carbocycles. The van der Waals surface area contributed by atoms with Gasteiger partial charge in [-0.05, 0) is 26.3 Å². The summed E-state index contributed by atoms with van der Waals surface area (Å²) in [5.74, 6) is 0. The van der Waals surface area contributed by atoms with E-state index in [9.17, 15) is 4.39 Å². The van der Waals surface area contributed by atoms with Crippen LogP contribution < -0.4 is 16.4 Å². The van der Waals surface area contributed by atoms with Crippen molar-refractivity contribution >= 4 is 17.0 Å². The summed E-state index contributed by atoms with van der Waals surface area (Å²) in [5.41, 5.74) is 6.36. The van der Waals surface area contributed by atoms with Crippen molar-refractivity contribution in [1.29, 1.82) is 0 Å². The second-order valence-electron chi connectivity index (χ2n) is 3.86. The molecule has 0 unspecified atom stereocenters. The zero-order valence-electron chi connectivity index (χ0n) is 9.63. The second-order valence-corrected chi connectivity index (χ2v) is 4.73. The highest BCUT2D eigenvalue weighted by Crippen LogP contribution is 2.16. The highest BCUT2D eigenvalue weighted by atomic mass is 32.1. The molecule has 0 fully saturated rings. The number of hydrogen-bond acceptors (Lipinski definition) is 4. The van der Waals surface area contributed by atoms with Crippen molar-refractivity contribution in [2.75, 3.05) is 25.0 Å². The Balaban J connectivity index is 1.96. The second kappa shape index (κ2) is 7.60. The predicted octanol–water partition coefficient (Wildman–Crippen LogP) is 2.02. The molecule has 4 N–H and O–H groups in total. The molecule has 92 valence electrons. The highest BCUT2D eigenvalue weighted by molar-refractivity contribution is 7.08. The minimum absolute atomic E-state index is 0.138. The van der Waals surface area contributed by atoms with Crippen LogP contribution in [-0.2, 0) is 0 Å². The van der Waals surface area contributed by atoms with E-state index in [0.717, 1.165) is 43.0 Å². The third-order valence-corrected chi connectivity index (χ3v) is 3.06. The summed E-state index contributed by atoms with van der Waals surface area (Å²) in [7, 11) is 0. The van der Waals surface area contributed by atoms with Gasteiger partial charge in [0.15, 0.2) is 5.13 Å². The first-order valence-corrected chi connectivity index (χ1v) is 6.51. The Morgan fingerprint density at radius 3 is 2.81 bits per heavy atom. The number of nitrogens with one attached hydrogen (secondary N) is 2. The quantitative estimate of drug-likeness (QED) is 0.614. The van der Waals surface area contributed by atoms with Gasteiger partial charge in [0.1, 0.15) is 0 Å². The van der Waals surface area contributed by atoms with E-state index in [1.165, 1.54) is 6.07 Å². The van der Waals surface area contributed by atoms with Crippen LogP contribution in [-0.4, -0.2) is 25.7 Å². The van der Waals surface area contributed by atoms with Crippen LogP contribution in [0.25, 0.3) is 0 Å². The average Bonchev–Trinajstić information content (AvgIpc) is 2.69. The number of nitrogens with two attached hydrogens (primary N) is 1. The van der Waals surface area contributed by atoms with Crippen LogP contribution in [0.1, 0.15) is 19.8 Å². The Morgan fingerprint density at radius 2 is 2.19 bits per heavy atom. The first-order valence-electron chi connectivity index (χ1n) is 5.63. The zero-order valence-corrected chi connectivity index (χ0v) is 10.4. The maximum absolute atomic E-state index is 12.6. The van der Waals surface area contributed by atoms with E-state index in [0.29, 0.717) is 12.6 Å². The van der Waals surface area contributed by atoms with Gasteiger partial charge >= 0.3 is 0 Å². The first-order chi connectivity index (χ1) is 7.72. The standard InChI is InChI=1S/C11H20FN3S/c1-9(7-13)14-4-2-3-5-15-10-6-11(12)16-8-10/h6,8-9,14-15H,2-5,7,13H2,1H3/t9-/m1/s1. The van der Waals surface area contributed by atoms with Crippen LogP contribution in [0.3, 0.4) is 0 Å². The van der Waals surface area contributed by atoms with E-state index in [1.54, 1.807) is 5.38 Å². The van der Waals surface area contributed by atoms with E-state index < -0.39 is 0 Å². The molecule has 0 radical (unpaired) electrons. The lowest BCUT2D eigenvalue weighted by molar-refractivity contribution is 0.538. The van der Waals surface area contributed by atoms with E-state index in [1.807, 2.05) is 0 Å². The molecule has 0 aliphatic heterocycles. The Kier molecular flexibility index (Phi) is 6.37. The Bertz CT molecular complexity index is 291. The molecule has 1 atom stereocenters. The fourth-order valence-electron chi connectivity index (χ4n) is 1.32. The molecule has 1 aromatic rings. The van der Waals surface area contributed by atoms with Gasteiger partial charge in [0.25, 0.3) is 0 Å². The molecule has 0 amide bonds. The van der Waals surface area contributed by atoms with Crippen molar-refractivity contribution in [3.63, 3.8) is 0 Å². The Hall–Kier alpha value is -0.650. The molecule has 0 bridgehead atoms. The lowest BCUT2D eigenvalue weighted by Crippen LogP contribution is -2.33. The van der Waals surface area contributed by atoms with Gasteiger partial charge in [-0.15, -0.1) is 11.3 Å². The molecular weight excluding hydrogens is 225 g/mol. The van der Waals surface area contributed by atoms with E-state index in [-0.39, 0.29) is 5.13 Å². The Labute approximate surface area is 100 Å². The molecule has 0 aliphatic carbocycles. The summed E-state index contributed by atoms with van der Waals surface area (Å²) < 4.78 is 12.6. The number of rotatable bonds is 8. The first kappa shape index (κ1) is 13.4. The van der Waals surface area contributed by atoms with E-state index in [4.69, 9.17) is 5.73 Å². The molecule has 0 aromatic carbocycles. The summed E-state index contributed by atoms with van der Waals surface area (Å²) in [6, 6.07) is 1.92. The maximum Gasteiger partial charge on any atom is 0.178 e. The summed E-state index contributed by atoms with van der Waals surface area (Å²) in [5, 5.41) is 8.17. The third-order valence-electron chi connectivity index (χ3n) is 2.35. The summed E-state index contributed by atoms with van der Waals surface area (Å²) >= 11 is 1.12. The number of anilines is 1. The summed E-state index contributed by atoms with van der Waals surface area (Å²) in [4.78, 5) is 0. The van der Waals surface area contributed by atoms with Crippen LogP contribution in [0.15, 0.2) is 11.4 Å². The van der Waals surface area contributed by atoms with Gasteiger partial charge in [-0.1, -0.05) is 0 Å². The lowest BCUT2D eigenvalue weighted by atomic mass is 10.2. The van der Waals surface area contributed by atoms with E-state index >= 15 is 0 Å². The average molecular weight is 245 g/mol. The van der Waals surface area contributed by atoms with Gasteiger partial charge in [-0.2, -0.15) is 4.39 Å². The van der Waals surface area contributed by atoms with Crippen LogP contribution in [0.2, 0.25) is 0 Å². The Morgan fingerprint density at radius 1 is 1.44 bits per heavy atom. The summed E-state index contributed by atoms with van der Waals surface area (Å²) in [6.45, 7) is 4.62. The molecule has 5 heteroatoms. The smallest absolute Gasteiger partial charge is 0.178 e. The van der Waals surface area contributed by atoms with Gasteiger partial charge in [0, 0.05) is 36.3 Å². The van der Waals surface area contributed by atoms with Crippen molar-refractivity contribution in [3.05, 3.63) is 16.6 Å².